The maximum absolute atomic E-state index is 10.6. The summed E-state index contributed by atoms with van der Waals surface area (Å²) in [6.45, 7) is 2.53. The van der Waals surface area contributed by atoms with Crippen LogP contribution in [0.4, 0.5) is 11.5 Å². The molecule has 3 N–H and O–H groups in total. The van der Waals surface area contributed by atoms with Crippen molar-refractivity contribution in [3.05, 3.63) is 36.8 Å². The molecule has 1 aliphatic rings. The summed E-state index contributed by atoms with van der Waals surface area (Å²) in [7, 11) is 0. The smallest absolute Gasteiger partial charge is 0.211 e. The van der Waals surface area contributed by atoms with Crippen molar-refractivity contribution in [3.8, 4) is 11.1 Å². The summed E-state index contributed by atoms with van der Waals surface area (Å²) in [6, 6.07) is 7.66. The summed E-state index contributed by atoms with van der Waals surface area (Å²) in [5, 5.41) is 3.52. The van der Waals surface area contributed by atoms with Gasteiger partial charge in [-0.2, -0.15) is 0 Å². The van der Waals surface area contributed by atoms with Gasteiger partial charge >= 0.3 is 0 Å². The highest BCUT2D eigenvalue weighted by molar-refractivity contribution is 6.00. The zero-order valence-electron chi connectivity index (χ0n) is 14.4. The highest BCUT2D eigenvalue weighted by Gasteiger charge is 2.19. The predicted octanol–water partition coefficient (Wildman–Crippen LogP) is 2.68. The van der Waals surface area contributed by atoms with Gasteiger partial charge in [-0.05, 0) is 36.5 Å². The van der Waals surface area contributed by atoms with Crippen molar-refractivity contribution in [1.82, 2.24) is 14.5 Å². The number of fused-ring (bicyclic) bond motifs is 1. The molecule has 1 amide bonds. The molecule has 0 bridgehead atoms. The van der Waals surface area contributed by atoms with Crippen LogP contribution in [0.15, 0.2) is 36.8 Å². The minimum Gasteiger partial charge on any atom is -0.383 e. The lowest BCUT2D eigenvalue weighted by Gasteiger charge is -2.22. The van der Waals surface area contributed by atoms with Crippen LogP contribution < -0.4 is 11.1 Å². The largest absolute Gasteiger partial charge is 0.383 e. The number of hydrogen-bond acceptors (Lipinski definition) is 5. The van der Waals surface area contributed by atoms with E-state index in [2.05, 4.69) is 26.0 Å². The maximum Gasteiger partial charge on any atom is 0.211 e. The number of nitrogen functional groups attached to an aromatic ring is 1. The molecule has 7 heteroatoms. The van der Waals surface area contributed by atoms with Crippen LogP contribution in [-0.4, -0.2) is 34.2 Å². The van der Waals surface area contributed by atoms with Crippen LogP contribution >= 0.6 is 0 Å². The van der Waals surface area contributed by atoms with Crippen molar-refractivity contribution in [3.63, 3.8) is 0 Å². The number of benzene rings is 1. The van der Waals surface area contributed by atoms with Gasteiger partial charge in [0, 0.05) is 37.2 Å². The molecular formula is C19H21N5O2. The third kappa shape index (κ3) is 3.13. The molecule has 1 fully saturated rings. The molecule has 0 unspecified atom stereocenters. The Bertz CT molecular complexity index is 914. The van der Waals surface area contributed by atoms with Crippen LogP contribution in [0.3, 0.4) is 0 Å². The molecule has 1 aromatic carbocycles. The van der Waals surface area contributed by atoms with Crippen LogP contribution in [0.25, 0.3) is 22.2 Å². The van der Waals surface area contributed by atoms with E-state index >= 15 is 0 Å². The molecule has 0 atom stereocenters. The molecule has 0 radical (unpaired) electrons. The monoisotopic (exact) mass is 351 g/mol. The number of carbonyl (C=O) groups is 1. The number of amides is 1. The van der Waals surface area contributed by atoms with E-state index in [0.717, 1.165) is 60.4 Å². The van der Waals surface area contributed by atoms with Crippen LogP contribution in [0.5, 0.6) is 0 Å². The molecule has 4 rings (SSSR count). The van der Waals surface area contributed by atoms with Gasteiger partial charge in [0.25, 0.3) is 0 Å². The Labute approximate surface area is 151 Å². The van der Waals surface area contributed by atoms with Crippen molar-refractivity contribution in [2.24, 2.45) is 5.92 Å². The minimum atomic E-state index is 0.478. The first kappa shape index (κ1) is 16.5. The van der Waals surface area contributed by atoms with E-state index in [1.807, 2.05) is 24.3 Å². The van der Waals surface area contributed by atoms with Crippen molar-refractivity contribution in [1.29, 1.82) is 0 Å². The topological polar surface area (TPSA) is 95.1 Å². The molecule has 0 aliphatic carbocycles. The van der Waals surface area contributed by atoms with E-state index in [4.69, 9.17) is 10.5 Å². The first-order valence-electron chi connectivity index (χ1n) is 8.74. The zero-order valence-corrected chi connectivity index (χ0v) is 14.4. The van der Waals surface area contributed by atoms with Gasteiger partial charge < -0.3 is 20.4 Å². The fourth-order valence-corrected chi connectivity index (χ4v) is 3.53. The summed E-state index contributed by atoms with van der Waals surface area (Å²) in [6.07, 6.45) is 6.40. The van der Waals surface area contributed by atoms with E-state index in [-0.39, 0.29) is 0 Å². The number of ether oxygens (including phenoxy) is 1. The third-order valence-corrected chi connectivity index (χ3v) is 4.90. The highest BCUT2D eigenvalue weighted by atomic mass is 16.5. The van der Waals surface area contributed by atoms with Crippen molar-refractivity contribution < 1.29 is 9.53 Å². The fraction of sp³-hybridized carbons (Fsp3) is 0.316. The molecule has 26 heavy (non-hydrogen) atoms. The molecule has 1 saturated heterocycles. The van der Waals surface area contributed by atoms with Gasteiger partial charge in [0.15, 0.2) is 0 Å². The van der Waals surface area contributed by atoms with Crippen LogP contribution in [0, 0.1) is 5.92 Å². The van der Waals surface area contributed by atoms with Crippen LogP contribution in [0.1, 0.15) is 12.8 Å². The van der Waals surface area contributed by atoms with Gasteiger partial charge in [0.2, 0.25) is 6.41 Å². The Balaban J connectivity index is 1.75. The van der Waals surface area contributed by atoms with Gasteiger partial charge in [0.05, 0.1) is 5.39 Å². The SMILES string of the molecule is Nc1ncnc2c1c(-c1ccc(NC=O)cc1)cn2CC1CCOCC1. The second kappa shape index (κ2) is 7.13. The lowest BCUT2D eigenvalue weighted by atomic mass is 10.0. The van der Waals surface area contributed by atoms with Crippen molar-refractivity contribution >= 4 is 28.9 Å². The molecule has 0 saturated carbocycles. The quantitative estimate of drug-likeness (QED) is 0.689. The summed E-state index contributed by atoms with van der Waals surface area (Å²) in [4.78, 5) is 19.2. The molecule has 7 nitrogen and oxygen atoms in total. The fourth-order valence-electron chi connectivity index (χ4n) is 3.53. The van der Waals surface area contributed by atoms with Gasteiger partial charge in [-0.3, -0.25) is 4.79 Å². The Morgan fingerprint density at radius 1 is 1.23 bits per heavy atom. The number of carbonyl (C=O) groups excluding carboxylic acids is 1. The van der Waals surface area contributed by atoms with Gasteiger partial charge in [-0.25, -0.2) is 9.97 Å². The minimum absolute atomic E-state index is 0.478. The number of nitrogens with zero attached hydrogens (tertiary/aromatic N) is 3. The van der Waals surface area contributed by atoms with Crippen LogP contribution in [-0.2, 0) is 16.1 Å². The second-order valence-corrected chi connectivity index (χ2v) is 6.55. The lowest BCUT2D eigenvalue weighted by Crippen LogP contribution is -2.20. The number of aromatic nitrogens is 3. The van der Waals surface area contributed by atoms with Gasteiger partial charge in [-0.1, -0.05) is 12.1 Å². The standard InChI is InChI=1S/C19H21N5O2/c20-18-17-16(14-1-3-15(4-2-14)23-12-25)10-24(19(17)22-11-21-18)9-13-5-7-26-8-6-13/h1-4,10-13H,5-9H2,(H,23,25)(H2,20,21,22). The molecule has 0 spiro atoms. The highest BCUT2D eigenvalue weighted by Crippen LogP contribution is 2.34. The molecular weight excluding hydrogens is 330 g/mol. The zero-order chi connectivity index (χ0) is 17.9. The average Bonchev–Trinajstić information content (AvgIpc) is 3.03. The summed E-state index contributed by atoms with van der Waals surface area (Å²) >= 11 is 0. The van der Waals surface area contributed by atoms with E-state index < -0.39 is 0 Å². The predicted molar refractivity (Wildman–Crippen MR) is 101 cm³/mol. The van der Waals surface area contributed by atoms with E-state index in [9.17, 15) is 4.79 Å². The number of nitrogens with one attached hydrogen (secondary N) is 1. The first-order valence-corrected chi connectivity index (χ1v) is 8.74. The van der Waals surface area contributed by atoms with Crippen molar-refractivity contribution in [2.45, 2.75) is 19.4 Å². The average molecular weight is 351 g/mol. The Morgan fingerprint density at radius 3 is 2.73 bits per heavy atom. The van der Waals surface area contributed by atoms with Crippen molar-refractivity contribution in [2.75, 3.05) is 24.3 Å². The van der Waals surface area contributed by atoms with Gasteiger partial charge in [0.1, 0.15) is 17.8 Å². The number of nitrogens with two attached hydrogens (primary N) is 1. The molecule has 1 aliphatic heterocycles. The lowest BCUT2D eigenvalue weighted by molar-refractivity contribution is -0.105. The Kier molecular flexibility index (Phi) is 4.53. The normalized spacial score (nSPS) is 15.2. The number of anilines is 2. The summed E-state index contributed by atoms with van der Waals surface area (Å²) in [5.41, 5.74) is 9.80. The number of rotatable bonds is 5. The van der Waals surface area contributed by atoms with Gasteiger partial charge in [-0.15, -0.1) is 0 Å². The first-order chi connectivity index (χ1) is 12.8. The Morgan fingerprint density at radius 2 is 2.00 bits per heavy atom. The number of hydrogen-bond donors (Lipinski definition) is 2. The van der Waals surface area contributed by atoms with Crippen LogP contribution in [0.2, 0.25) is 0 Å². The van der Waals surface area contributed by atoms with E-state index in [1.54, 1.807) is 0 Å². The molecule has 134 valence electrons. The third-order valence-electron chi connectivity index (χ3n) is 4.90. The molecule has 3 aromatic rings. The Hall–Kier alpha value is -2.93. The maximum atomic E-state index is 10.6. The summed E-state index contributed by atoms with van der Waals surface area (Å²) in [5.74, 6) is 1.05. The van der Waals surface area contributed by atoms with E-state index in [0.29, 0.717) is 18.1 Å². The molecule has 3 heterocycles. The van der Waals surface area contributed by atoms with E-state index in [1.165, 1.54) is 6.33 Å². The molecule has 2 aromatic heterocycles. The summed E-state index contributed by atoms with van der Waals surface area (Å²) < 4.78 is 7.64. The second-order valence-electron chi connectivity index (χ2n) is 6.55.